The fourth-order valence-corrected chi connectivity index (χ4v) is 3.93. The van der Waals surface area contributed by atoms with Crippen LogP contribution in [0.4, 0.5) is 0 Å². The second-order valence-electron chi connectivity index (χ2n) is 6.17. The summed E-state index contributed by atoms with van der Waals surface area (Å²) in [5.74, 6) is 1.07. The number of benzene rings is 1. The molecule has 1 heterocycles. The van der Waals surface area contributed by atoms with Crippen molar-refractivity contribution in [1.82, 2.24) is 0 Å². The molecule has 4 atom stereocenters. The van der Waals surface area contributed by atoms with E-state index in [0.29, 0.717) is 11.8 Å². The molecule has 4 rings (SSSR count). The lowest BCUT2D eigenvalue weighted by Crippen LogP contribution is -2.13. The van der Waals surface area contributed by atoms with Gasteiger partial charge in [0.25, 0.3) is 0 Å². The molecule has 1 saturated carbocycles. The minimum Gasteiger partial charge on any atom is -0.392 e. The first-order valence-corrected chi connectivity index (χ1v) is 7.55. The summed E-state index contributed by atoms with van der Waals surface area (Å²) in [6.07, 6.45) is 6.44. The molecule has 2 aliphatic carbocycles. The summed E-state index contributed by atoms with van der Waals surface area (Å²) in [6, 6.07) is 10.7. The topological polar surface area (TPSA) is 29.5 Å². The number of aliphatic hydroxyl groups is 1. The van der Waals surface area contributed by atoms with E-state index >= 15 is 0 Å². The van der Waals surface area contributed by atoms with Crippen molar-refractivity contribution in [3.05, 3.63) is 59.2 Å². The zero-order valence-corrected chi connectivity index (χ0v) is 11.5. The van der Waals surface area contributed by atoms with Crippen LogP contribution in [0.2, 0.25) is 0 Å². The average molecular weight is 268 g/mol. The van der Waals surface area contributed by atoms with E-state index in [1.165, 1.54) is 16.7 Å². The third-order valence-corrected chi connectivity index (χ3v) is 5.02. The average Bonchev–Trinajstić information content (AvgIpc) is 3.03. The van der Waals surface area contributed by atoms with E-state index in [2.05, 4.69) is 42.5 Å². The van der Waals surface area contributed by atoms with Gasteiger partial charge in [0.1, 0.15) is 0 Å². The molecule has 3 aliphatic rings. The van der Waals surface area contributed by atoms with Gasteiger partial charge >= 0.3 is 0 Å². The molecule has 1 aromatic rings. The van der Waals surface area contributed by atoms with Gasteiger partial charge < -0.3 is 9.84 Å². The molecule has 1 N–H and O–H groups in total. The van der Waals surface area contributed by atoms with Crippen LogP contribution in [-0.2, 0) is 4.74 Å². The third-order valence-electron chi connectivity index (χ3n) is 5.02. The number of allylic oxidation sites excluding steroid dienone is 1. The van der Waals surface area contributed by atoms with Crippen molar-refractivity contribution in [1.29, 1.82) is 0 Å². The Morgan fingerprint density at radius 3 is 2.65 bits per heavy atom. The highest BCUT2D eigenvalue weighted by atomic mass is 16.5. The zero-order valence-electron chi connectivity index (χ0n) is 11.5. The molecular weight excluding hydrogens is 248 g/mol. The van der Waals surface area contributed by atoms with Gasteiger partial charge in [-0.2, -0.15) is 0 Å². The molecule has 2 fully saturated rings. The van der Waals surface area contributed by atoms with Crippen molar-refractivity contribution in [3.8, 4) is 0 Å². The van der Waals surface area contributed by atoms with Crippen molar-refractivity contribution in [2.24, 2.45) is 11.8 Å². The van der Waals surface area contributed by atoms with Crippen LogP contribution < -0.4 is 0 Å². The van der Waals surface area contributed by atoms with Gasteiger partial charge in [-0.3, -0.25) is 0 Å². The number of hydrogen-bond donors (Lipinski definition) is 1. The molecule has 0 radical (unpaired) electrons. The van der Waals surface area contributed by atoms with Gasteiger partial charge in [-0.25, -0.2) is 0 Å². The second kappa shape index (κ2) is 4.87. The minimum absolute atomic E-state index is 0.204. The highest BCUT2D eigenvalue weighted by Crippen LogP contribution is 2.44. The first-order valence-electron chi connectivity index (χ1n) is 7.55. The summed E-state index contributed by atoms with van der Waals surface area (Å²) in [5, 5.41) is 10.2. The first-order chi connectivity index (χ1) is 9.83. The standard InChI is InChI=1S/C18H20O2/c19-18-7-6-13-8-15(12-4-2-1-3-5-12)17-11-20-10-14(17)9-16(13)18/h1-5,8-9,15-19H,6-7,10-11H2/t15-,16+,17-,18-/m0/s1. The van der Waals surface area contributed by atoms with Crippen molar-refractivity contribution < 1.29 is 9.84 Å². The highest BCUT2D eigenvalue weighted by Gasteiger charge is 2.37. The summed E-state index contributed by atoms with van der Waals surface area (Å²) < 4.78 is 5.70. The number of hydrogen-bond acceptors (Lipinski definition) is 2. The van der Waals surface area contributed by atoms with E-state index in [4.69, 9.17) is 4.74 Å². The van der Waals surface area contributed by atoms with Crippen LogP contribution in [0.3, 0.4) is 0 Å². The molecule has 20 heavy (non-hydrogen) atoms. The van der Waals surface area contributed by atoms with Crippen molar-refractivity contribution >= 4 is 0 Å². The van der Waals surface area contributed by atoms with Crippen molar-refractivity contribution in [2.45, 2.75) is 24.9 Å². The molecule has 0 aromatic heterocycles. The first kappa shape index (κ1) is 12.4. The van der Waals surface area contributed by atoms with E-state index < -0.39 is 0 Å². The molecule has 1 saturated heterocycles. The number of rotatable bonds is 1. The third kappa shape index (κ3) is 1.95. The van der Waals surface area contributed by atoms with Crippen LogP contribution in [0.5, 0.6) is 0 Å². The van der Waals surface area contributed by atoms with Crippen LogP contribution in [0.25, 0.3) is 0 Å². The summed E-state index contributed by atoms with van der Waals surface area (Å²) >= 11 is 0. The second-order valence-corrected chi connectivity index (χ2v) is 6.17. The van der Waals surface area contributed by atoms with Gasteiger partial charge in [-0.05, 0) is 24.0 Å². The number of aliphatic hydroxyl groups excluding tert-OH is 1. The monoisotopic (exact) mass is 268 g/mol. The van der Waals surface area contributed by atoms with E-state index in [9.17, 15) is 5.11 Å². The molecule has 0 spiro atoms. The molecule has 1 aliphatic heterocycles. The zero-order chi connectivity index (χ0) is 13.5. The van der Waals surface area contributed by atoms with Gasteiger partial charge in [0, 0.05) is 17.8 Å². The fraction of sp³-hybridized carbons (Fsp3) is 0.444. The molecule has 104 valence electrons. The van der Waals surface area contributed by atoms with Crippen molar-refractivity contribution in [2.75, 3.05) is 13.2 Å². The van der Waals surface area contributed by atoms with E-state index in [1.54, 1.807) is 0 Å². The fourth-order valence-electron chi connectivity index (χ4n) is 3.93. The van der Waals surface area contributed by atoms with Gasteiger partial charge in [0.05, 0.1) is 19.3 Å². The maximum absolute atomic E-state index is 10.2. The molecule has 2 heteroatoms. The van der Waals surface area contributed by atoms with E-state index in [0.717, 1.165) is 26.1 Å². The Bertz CT molecular complexity index is 558. The Morgan fingerprint density at radius 2 is 1.80 bits per heavy atom. The summed E-state index contributed by atoms with van der Waals surface area (Å²) in [5.41, 5.74) is 4.17. The lowest BCUT2D eigenvalue weighted by atomic mass is 9.83. The Morgan fingerprint density at radius 1 is 1.00 bits per heavy atom. The van der Waals surface area contributed by atoms with Crippen LogP contribution in [0.1, 0.15) is 24.3 Å². The normalized spacial score (nSPS) is 35.9. The lowest BCUT2D eigenvalue weighted by Gasteiger charge is -2.20. The Labute approximate surface area is 119 Å². The smallest absolute Gasteiger partial charge is 0.0681 e. The predicted molar refractivity (Wildman–Crippen MR) is 78.4 cm³/mol. The predicted octanol–water partition coefficient (Wildman–Crippen LogP) is 3.05. The maximum atomic E-state index is 10.2. The number of ether oxygens (including phenoxy) is 1. The van der Waals surface area contributed by atoms with E-state index in [1.807, 2.05) is 0 Å². The van der Waals surface area contributed by atoms with Gasteiger partial charge in [-0.1, -0.05) is 48.1 Å². The van der Waals surface area contributed by atoms with Crippen LogP contribution in [-0.4, -0.2) is 24.4 Å². The number of fused-ring (bicyclic) bond motifs is 2. The summed E-state index contributed by atoms with van der Waals surface area (Å²) in [6.45, 7) is 1.54. The van der Waals surface area contributed by atoms with Gasteiger partial charge in [0.15, 0.2) is 0 Å². The summed E-state index contributed by atoms with van der Waals surface area (Å²) in [4.78, 5) is 0. The Kier molecular flexibility index (Phi) is 3.01. The lowest BCUT2D eigenvalue weighted by molar-refractivity contribution is 0.158. The summed E-state index contributed by atoms with van der Waals surface area (Å²) in [7, 11) is 0. The molecule has 2 nitrogen and oxygen atoms in total. The largest absolute Gasteiger partial charge is 0.392 e. The molecule has 0 unspecified atom stereocenters. The Hall–Kier alpha value is -1.38. The molecular formula is C18H20O2. The highest BCUT2D eigenvalue weighted by molar-refractivity contribution is 5.38. The molecule has 1 aromatic carbocycles. The van der Waals surface area contributed by atoms with Crippen LogP contribution in [0.15, 0.2) is 53.6 Å². The SMILES string of the molecule is O[C@H]1CCC2=C[C@@H](c3ccccc3)[C@H]3COCC3=C[C@H]21. The molecule has 0 amide bonds. The molecule has 0 bridgehead atoms. The minimum atomic E-state index is -0.204. The Balaban J connectivity index is 1.80. The van der Waals surface area contributed by atoms with Gasteiger partial charge in [0.2, 0.25) is 0 Å². The maximum Gasteiger partial charge on any atom is 0.0681 e. The quantitative estimate of drug-likeness (QED) is 0.793. The van der Waals surface area contributed by atoms with Crippen molar-refractivity contribution in [3.63, 3.8) is 0 Å². The van der Waals surface area contributed by atoms with Crippen LogP contribution >= 0.6 is 0 Å². The van der Waals surface area contributed by atoms with E-state index in [-0.39, 0.29) is 12.0 Å². The van der Waals surface area contributed by atoms with Gasteiger partial charge in [-0.15, -0.1) is 0 Å². The van der Waals surface area contributed by atoms with Crippen LogP contribution in [0, 0.1) is 11.8 Å².